The summed E-state index contributed by atoms with van der Waals surface area (Å²) < 4.78 is 91.1. The minimum atomic E-state index is -4.92. The molecule has 0 radical (unpaired) electrons. The van der Waals surface area contributed by atoms with Crippen molar-refractivity contribution in [3.63, 3.8) is 0 Å². The fourth-order valence-electron chi connectivity index (χ4n) is 2.71. The number of hydrogen-bond donors (Lipinski definition) is 1. The first-order chi connectivity index (χ1) is 10.6. The quantitative estimate of drug-likeness (QED) is 0.841. The van der Waals surface area contributed by atoms with Crippen molar-refractivity contribution in [3.05, 3.63) is 35.1 Å². The van der Waals surface area contributed by atoms with Gasteiger partial charge in [0.2, 0.25) is 0 Å². The summed E-state index contributed by atoms with van der Waals surface area (Å²) in [5.74, 6) is -1.13. The van der Waals surface area contributed by atoms with Gasteiger partial charge < -0.3 is 5.32 Å². The molecule has 130 valence electrons. The molecule has 0 spiro atoms. The molecule has 1 aromatic rings. The molecule has 2 rings (SSSR count). The van der Waals surface area contributed by atoms with Crippen molar-refractivity contribution >= 4 is 0 Å². The molecule has 1 aliphatic rings. The molecular weight excluding hydrogens is 329 g/mol. The number of nitrogens with zero attached hydrogens (tertiary/aromatic N) is 1. The highest BCUT2D eigenvalue weighted by atomic mass is 19.4. The molecule has 0 saturated carbocycles. The fourth-order valence-corrected chi connectivity index (χ4v) is 2.71. The average molecular weight is 344 g/mol. The third-order valence-corrected chi connectivity index (χ3v) is 3.70. The molecule has 0 aromatic heterocycles. The molecule has 1 heterocycles. The van der Waals surface area contributed by atoms with Crippen molar-refractivity contribution in [3.8, 4) is 0 Å². The van der Waals surface area contributed by atoms with Crippen LogP contribution in [-0.4, -0.2) is 37.3 Å². The maximum absolute atomic E-state index is 13.2. The minimum absolute atomic E-state index is 0.190. The van der Waals surface area contributed by atoms with Crippen LogP contribution in [-0.2, 0) is 6.18 Å². The Morgan fingerprint density at radius 1 is 1.04 bits per heavy atom. The molecule has 1 saturated heterocycles. The standard InChI is InChI=1S/C14H15F7N2/c15-9-1-2-10(11(7-9)14(19,20)21)12(8-13(16,17)18)23-5-3-22-4-6-23/h1-2,7,12,22H,3-6,8H2/t12-/m1/s1. The van der Waals surface area contributed by atoms with Crippen molar-refractivity contribution < 1.29 is 30.7 Å². The van der Waals surface area contributed by atoms with E-state index in [1.165, 1.54) is 4.90 Å². The maximum Gasteiger partial charge on any atom is 0.416 e. The summed E-state index contributed by atoms with van der Waals surface area (Å²) in [5.41, 5.74) is -1.90. The Morgan fingerprint density at radius 2 is 1.65 bits per heavy atom. The van der Waals surface area contributed by atoms with Gasteiger partial charge in [-0.25, -0.2) is 4.39 Å². The Morgan fingerprint density at radius 3 is 2.17 bits per heavy atom. The lowest BCUT2D eigenvalue weighted by atomic mass is 9.95. The smallest absolute Gasteiger partial charge is 0.314 e. The average Bonchev–Trinajstić information content (AvgIpc) is 2.44. The summed E-state index contributed by atoms with van der Waals surface area (Å²) in [6.45, 7) is 1.15. The van der Waals surface area contributed by atoms with Crippen LogP contribution in [0.15, 0.2) is 18.2 Å². The van der Waals surface area contributed by atoms with E-state index in [9.17, 15) is 30.7 Å². The van der Waals surface area contributed by atoms with Gasteiger partial charge in [-0.05, 0) is 17.7 Å². The molecule has 0 unspecified atom stereocenters. The van der Waals surface area contributed by atoms with Gasteiger partial charge in [0.05, 0.1) is 12.0 Å². The number of piperazine rings is 1. The van der Waals surface area contributed by atoms with Crippen molar-refractivity contribution in [2.24, 2.45) is 0 Å². The van der Waals surface area contributed by atoms with E-state index in [2.05, 4.69) is 5.32 Å². The van der Waals surface area contributed by atoms with E-state index in [0.717, 1.165) is 12.1 Å². The number of alkyl halides is 6. The molecule has 1 aromatic carbocycles. The van der Waals surface area contributed by atoms with Crippen molar-refractivity contribution in [1.82, 2.24) is 10.2 Å². The largest absolute Gasteiger partial charge is 0.416 e. The number of rotatable bonds is 3. The fraction of sp³-hybridized carbons (Fsp3) is 0.571. The first-order valence-corrected chi connectivity index (χ1v) is 6.96. The van der Waals surface area contributed by atoms with Gasteiger partial charge in [-0.15, -0.1) is 0 Å². The van der Waals surface area contributed by atoms with Crippen molar-refractivity contribution in [1.29, 1.82) is 0 Å². The molecule has 0 bridgehead atoms. The van der Waals surface area contributed by atoms with Gasteiger partial charge in [-0.2, -0.15) is 26.3 Å². The first-order valence-electron chi connectivity index (χ1n) is 6.96. The van der Waals surface area contributed by atoms with E-state index >= 15 is 0 Å². The van der Waals surface area contributed by atoms with Gasteiger partial charge in [0.1, 0.15) is 5.82 Å². The highest BCUT2D eigenvalue weighted by Gasteiger charge is 2.41. The molecule has 23 heavy (non-hydrogen) atoms. The Hall–Kier alpha value is -1.35. The number of nitrogens with one attached hydrogen (secondary N) is 1. The molecule has 2 nitrogen and oxygen atoms in total. The van der Waals surface area contributed by atoms with Crippen molar-refractivity contribution in [2.75, 3.05) is 26.2 Å². The van der Waals surface area contributed by atoms with E-state index in [1.54, 1.807) is 0 Å². The highest BCUT2D eigenvalue weighted by Crippen LogP contribution is 2.41. The van der Waals surface area contributed by atoms with Gasteiger partial charge in [0.25, 0.3) is 0 Å². The SMILES string of the molecule is Fc1ccc([C@@H](CC(F)(F)F)N2CCNCC2)c(C(F)(F)F)c1. The molecule has 0 amide bonds. The van der Waals surface area contributed by atoms with Crippen LogP contribution in [0.25, 0.3) is 0 Å². The predicted octanol–water partition coefficient (Wildman–Crippen LogP) is 3.74. The Bertz CT molecular complexity index is 533. The second-order valence-electron chi connectivity index (χ2n) is 5.35. The zero-order chi connectivity index (χ0) is 17.3. The molecule has 1 atom stereocenters. The second-order valence-corrected chi connectivity index (χ2v) is 5.35. The predicted molar refractivity (Wildman–Crippen MR) is 69.3 cm³/mol. The van der Waals surface area contributed by atoms with E-state index in [4.69, 9.17) is 0 Å². The van der Waals surface area contributed by atoms with Gasteiger partial charge in [-0.1, -0.05) is 6.07 Å². The summed E-state index contributed by atoms with van der Waals surface area (Å²) in [5, 5.41) is 2.93. The van der Waals surface area contributed by atoms with E-state index < -0.39 is 41.8 Å². The molecule has 9 heteroatoms. The first kappa shape index (κ1) is 18.0. The maximum atomic E-state index is 13.2. The van der Waals surface area contributed by atoms with Gasteiger partial charge in [0, 0.05) is 32.2 Å². The zero-order valence-corrected chi connectivity index (χ0v) is 11.9. The monoisotopic (exact) mass is 344 g/mol. The van der Waals surface area contributed by atoms with Gasteiger partial charge >= 0.3 is 12.4 Å². The van der Waals surface area contributed by atoms with Crippen LogP contribution in [0.3, 0.4) is 0 Å². The van der Waals surface area contributed by atoms with Gasteiger partial charge in [-0.3, -0.25) is 4.90 Å². The molecule has 1 aliphatic heterocycles. The normalized spacial score (nSPS) is 18.9. The third-order valence-electron chi connectivity index (χ3n) is 3.70. The lowest BCUT2D eigenvalue weighted by molar-refractivity contribution is -0.153. The molecule has 1 fully saturated rings. The summed E-state index contributed by atoms with van der Waals surface area (Å²) in [4.78, 5) is 1.35. The van der Waals surface area contributed by atoms with Crippen LogP contribution in [0.1, 0.15) is 23.6 Å². The Labute approximate surface area is 128 Å². The lowest BCUT2D eigenvalue weighted by Gasteiger charge is -2.36. The molecule has 1 N–H and O–H groups in total. The van der Waals surface area contributed by atoms with Crippen LogP contribution < -0.4 is 5.32 Å². The third kappa shape index (κ3) is 4.81. The second kappa shape index (κ2) is 6.64. The van der Waals surface area contributed by atoms with Crippen LogP contribution in [0, 0.1) is 5.82 Å². The van der Waals surface area contributed by atoms with Crippen LogP contribution in [0.5, 0.6) is 0 Å². The topological polar surface area (TPSA) is 15.3 Å². The highest BCUT2D eigenvalue weighted by molar-refractivity contribution is 5.33. The van der Waals surface area contributed by atoms with Gasteiger partial charge in [0.15, 0.2) is 0 Å². The van der Waals surface area contributed by atoms with Crippen LogP contribution >= 0.6 is 0 Å². The summed E-state index contributed by atoms with van der Waals surface area (Å²) in [6.07, 6.45) is -11.0. The molecular formula is C14H15F7N2. The minimum Gasteiger partial charge on any atom is -0.314 e. The summed E-state index contributed by atoms with van der Waals surface area (Å²) >= 11 is 0. The summed E-state index contributed by atoms with van der Waals surface area (Å²) in [7, 11) is 0. The van der Waals surface area contributed by atoms with Crippen LogP contribution in [0.2, 0.25) is 0 Å². The zero-order valence-electron chi connectivity index (χ0n) is 11.9. The number of halogens is 7. The van der Waals surface area contributed by atoms with Crippen LogP contribution in [0.4, 0.5) is 30.7 Å². The van der Waals surface area contributed by atoms with Crippen molar-refractivity contribution in [2.45, 2.75) is 24.8 Å². The Kier molecular flexibility index (Phi) is 5.20. The molecule has 0 aliphatic carbocycles. The lowest BCUT2D eigenvalue weighted by Crippen LogP contribution is -2.46. The summed E-state index contributed by atoms with van der Waals surface area (Å²) in [6, 6.07) is 0.322. The van der Waals surface area contributed by atoms with E-state index in [1.807, 2.05) is 0 Å². The van der Waals surface area contributed by atoms with E-state index in [-0.39, 0.29) is 19.2 Å². The number of hydrogen-bond acceptors (Lipinski definition) is 2. The number of benzene rings is 1. The van der Waals surface area contributed by atoms with E-state index in [0.29, 0.717) is 13.1 Å². The Balaban J connectivity index is 2.46.